The summed E-state index contributed by atoms with van der Waals surface area (Å²) in [5, 5.41) is 6.16. The van der Waals surface area contributed by atoms with Crippen molar-refractivity contribution < 1.29 is 94.7 Å². The summed E-state index contributed by atoms with van der Waals surface area (Å²) in [6, 6.07) is -0.203. The van der Waals surface area contributed by atoms with E-state index in [0.29, 0.717) is 62.9 Å². The number of primary amides is 1. The molecule has 1 saturated heterocycles. The summed E-state index contributed by atoms with van der Waals surface area (Å²) < 4.78 is 46.5. The van der Waals surface area contributed by atoms with Crippen molar-refractivity contribution >= 4 is 88.9 Å². The van der Waals surface area contributed by atoms with E-state index in [0.717, 1.165) is 48.8 Å². The number of halogens is 3. The molecule has 4 N–H and O–H groups in total. The summed E-state index contributed by atoms with van der Waals surface area (Å²) in [4.78, 5) is 230. The Labute approximate surface area is 648 Å². The Morgan fingerprint density at radius 1 is 0.658 bits per heavy atom. The number of imide groups is 3. The van der Waals surface area contributed by atoms with Gasteiger partial charge in [-0.3, -0.25) is 67.3 Å². The fraction of sp³-hybridized carbons (Fsp3) is 0.654. The van der Waals surface area contributed by atoms with Gasteiger partial charge in [-0.2, -0.15) is 13.2 Å². The number of morpholine rings is 1. The lowest BCUT2D eigenvalue weighted by atomic mass is 9.90. The molecule has 3 fully saturated rings. The third-order valence-electron chi connectivity index (χ3n) is 21.6. The molecule has 2 aromatic carbocycles. The summed E-state index contributed by atoms with van der Waals surface area (Å²) in [7, 11) is 6.80. The summed E-state index contributed by atoms with van der Waals surface area (Å²) in [6.45, 7) is 13.2. The molecule has 0 aromatic heterocycles. The van der Waals surface area contributed by atoms with E-state index in [1.54, 1.807) is 39.8 Å². The third kappa shape index (κ3) is 22.8. The van der Waals surface area contributed by atoms with Crippen molar-refractivity contribution in [2.75, 3.05) is 87.7 Å². The van der Waals surface area contributed by atoms with E-state index < -0.39 is 174 Å². The fourth-order valence-corrected chi connectivity index (χ4v) is 14.7. The van der Waals surface area contributed by atoms with Gasteiger partial charge in [0.1, 0.15) is 41.8 Å². The maximum atomic E-state index is 15.7. The zero-order valence-corrected chi connectivity index (χ0v) is 66.5. The van der Waals surface area contributed by atoms with Gasteiger partial charge >= 0.3 is 24.2 Å². The summed E-state index contributed by atoms with van der Waals surface area (Å²) in [5.74, 6) is -11.4. The number of carbonyl (C=O) groups is 15. The average Bonchev–Trinajstić information content (AvgIpc) is 1.76. The molecule has 7 atom stereocenters. The average molecular weight is 1560 g/mol. The molecule has 2 aliphatic heterocycles. The van der Waals surface area contributed by atoms with E-state index in [4.69, 9.17) is 15.3 Å². The van der Waals surface area contributed by atoms with Crippen molar-refractivity contribution in [3.05, 3.63) is 70.8 Å². The number of urea groups is 2. The number of nitrogens with one attached hydrogen (secondary N) is 2. The number of nitrogens with zero attached hydrogens (tertiary/aromatic N) is 10. The summed E-state index contributed by atoms with van der Waals surface area (Å²) >= 11 is 0. The number of fused-ring (bicyclic) bond motifs is 1. The smallest absolute Gasteiger partial charge is 0.378 e. The monoisotopic (exact) mass is 1560 g/mol. The molecule has 0 spiro atoms. The van der Waals surface area contributed by atoms with E-state index in [9.17, 15) is 56.3 Å². The van der Waals surface area contributed by atoms with Crippen molar-refractivity contribution in [1.29, 1.82) is 0 Å². The first-order chi connectivity index (χ1) is 52.4. The van der Waals surface area contributed by atoms with Crippen LogP contribution in [0.15, 0.2) is 48.5 Å². The number of ether oxygens (including phenoxy) is 1. The van der Waals surface area contributed by atoms with Gasteiger partial charge in [-0.25, -0.2) is 14.4 Å². The van der Waals surface area contributed by atoms with Gasteiger partial charge in [0.25, 0.3) is 17.7 Å². The van der Waals surface area contributed by atoms with E-state index in [1.165, 1.54) is 73.9 Å². The molecular weight excluding hydrogens is 1450 g/mol. The quantitative estimate of drug-likeness (QED) is 0.0603. The molecule has 0 radical (unpaired) electrons. The number of unbranched alkanes of at least 4 members (excludes halogenated alkanes) is 1. The van der Waals surface area contributed by atoms with Crippen LogP contribution in [0.5, 0.6) is 0 Å². The van der Waals surface area contributed by atoms with Gasteiger partial charge in [0.2, 0.25) is 53.2 Å². The number of rotatable bonds is 37. The highest BCUT2D eigenvalue weighted by atomic mass is 19.4. The minimum Gasteiger partial charge on any atom is -0.378 e. The number of hydroxylamine groups is 2. The van der Waals surface area contributed by atoms with Crippen LogP contribution < -0.4 is 16.4 Å². The van der Waals surface area contributed by atoms with Gasteiger partial charge in [0, 0.05) is 87.2 Å². The minimum absolute atomic E-state index is 0.0272. The largest absolute Gasteiger partial charge is 0.416 e. The molecule has 0 unspecified atom stereocenters. The SMILES string of the molecule is CCCCN(C(=O)CCCC(=O)ON1C(=O)c2ccccc2C1=O)C(=O)NC1(C(=O)N(C)[C@H](C(=O)N(C)[C@@H](CC(=O)N(C)[C@@H](CC(C)C)C(=O)N[C@H](C(=O)N(C)[C@@H](C)C(=O)N(CCC)C(=O)N(CCC)[C@@H](Cc2ccc(C(F)(F)F)cc2)C(=O)N(C)CC(N)=O)[C@@H](C)CC)C(=O)N2CCOCC2)C2CCCC2)CCCC1. The van der Waals surface area contributed by atoms with Crippen LogP contribution in [-0.2, 0) is 74.9 Å². The third-order valence-corrected chi connectivity index (χ3v) is 21.6. The molecule has 16 amide bonds. The molecule has 614 valence electrons. The first-order valence-electron chi connectivity index (χ1n) is 38.8. The lowest BCUT2D eigenvalue weighted by Gasteiger charge is -2.42. The van der Waals surface area contributed by atoms with Gasteiger partial charge in [0.05, 0.1) is 42.9 Å². The van der Waals surface area contributed by atoms with Gasteiger partial charge in [0.15, 0.2) is 0 Å². The number of likely N-dealkylation sites (N-methyl/N-ethyl adjacent to an activating group) is 5. The van der Waals surface area contributed by atoms with Crippen LogP contribution in [0.25, 0.3) is 0 Å². The molecule has 0 bridgehead atoms. The molecule has 33 heteroatoms. The Bertz CT molecular complexity index is 3640. The van der Waals surface area contributed by atoms with Crippen LogP contribution in [0.1, 0.15) is 203 Å². The Morgan fingerprint density at radius 2 is 1.25 bits per heavy atom. The molecule has 30 nitrogen and oxygen atoms in total. The first kappa shape index (κ1) is 90.3. The Morgan fingerprint density at radius 3 is 1.79 bits per heavy atom. The fourth-order valence-electron chi connectivity index (χ4n) is 14.7. The highest BCUT2D eigenvalue weighted by molar-refractivity contribution is 6.21. The molecule has 4 aliphatic rings. The van der Waals surface area contributed by atoms with Gasteiger partial charge in [-0.05, 0) is 112 Å². The highest BCUT2D eigenvalue weighted by Crippen LogP contribution is 2.38. The molecule has 2 aromatic rings. The molecule has 2 heterocycles. The van der Waals surface area contributed by atoms with Crippen LogP contribution in [0.3, 0.4) is 0 Å². The van der Waals surface area contributed by atoms with Gasteiger partial charge < -0.3 is 60.2 Å². The number of benzene rings is 2. The summed E-state index contributed by atoms with van der Waals surface area (Å²) in [6.07, 6.45) is -1.12. The van der Waals surface area contributed by atoms with Crippen molar-refractivity contribution in [3.63, 3.8) is 0 Å². The second kappa shape index (κ2) is 41.1. The number of hydrogen-bond acceptors (Lipinski definition) is 17. The van der Waals surface area contributed by atoms with Crippen molar-refractivity contribution in [2.24, 2.45) is 23.5 Å². The Kier molecular flexibility index (Phi) is 33.4. The maximum absolute atomic E-state index is 15.7. The van der Waals surface area contributed by atoms with Crippen LogP contribution in [-0.4, -0.2) is 268 Å². The topological polar surface area (TPSA) is 357 Å². The summed E-state index contributed by atoms with van der Waals surface area (Å²) in [5.41, 5.74) is 3.24. The normalized spacial score (nSPS) is 16.7. The van der Waals surface area contributed by atoms with Crippen molar-refractivity contribution in [3.8, 4) is 0 Å². The van der Waals surface area contributed by atoms with E-state index in [-0.39, 0.29) is 120 Å². The molecule has 2 saturated carbocycles. The predicted octanol–water partition coefficient (Wildman–Crippen LogP) is 6.55. The molecule has 111 heavy (non-hydrogen) atoms. The number of alkyl halides is 3. The van der Waals surface area contributed by atoms with Crippen molar-refractivity contribution in [1.82, 2.24) is 59.8 Å². The van der Waals surface area contributed by atoms with Crippen LogP contribution >= 0.6 is 0 Å². The first-order valence-corrected chi connectivity index (χ1v) is 38.8. The van der Waals surface area contributed by atoms with Gasteiger partial charge in [-0.15, -0.1) is 0 Å². The van der Waals surface area contributed by atoms with Gasteiger partial charge in [-0.1, -0.05) is 116 Å². The molecule has 2 aliphatic carbocycles. The number of carbonyl (C=O) groups excluding carboxylic acids is 15. The van der Waals surface area contributed by atoms with Crippen LogP contribution in [0, 0.1) is 17.8 Å². The van der Waals surface area contributed by atoms with E-state index >= 15 is 28.8 Å². The minimum atomic E-state index is -4.68. The molecule has 6 rings (SSSR count). The van der Waals surface area contributed by atoms with Crippen LogP contribution in [0.4, 0.5) is 22.8 Å². The second-order valence-electron chi connectivity index (χ2n) is 30.1. The zero-order valence-electron chi connectivity index (χ0n) is 66.5. The van der Waals surface area contributed by atoms with Crippen LogP contribution in [0.2, 0.25) is 0 Å². The lowest BCUT2D eigenvalue weighted by molar-refractivity contribution is -0.168. The number of nitrogens with two attached hydrogens (primary N) is 1. The van der Waals surface area contributed by atoms with Crippen molar-refractivity contribution in [2.45, 2.75) is 225 Å². The lowest BCUT2D eigenvalue weighted by Crippen LogP contribution is -2.65. The maximum Gasteiger partial charge on any atom is 0.416 e. The predicted molar refractivity (Wildman–Crippen MR) is 400 cm³/mol. The number of hydrogen-bond donors (Lipinski definition) is 3. The zero-order chi connectivity index (χ0) is 82.5. The van der Waals surface area contributed by atoms with E-state index in [1.807, 2.05) is 20.8 Å². The highest BCUT2D eigenvalue weighted by Gasteiger charge is 2.51. The second-order valence-corrected chi connectivity index (χ2v) is 30.1. The van der Waals surface area contributed by atoms with E-state index in [2.05, 4.69) is 10.6 Å². The standard InChI is InChI=1S/C78H114F3N13O17/c1-14-18-40-92(61(96)30-25-31-63(98)111-94-68(101)55-28-21-22-29-56(55)69(94)102)75(108)84-77(36-23-24-37-77)74(107)89(13)65(53-26-19-20-27-53)73(106)88(12)58(71(104)90-41-43-110-44-42-90)47-62(97)87(11)57(45-49(5)6)66(99)83-64(50(7)17-4)72(105)86(10)51(8)67(100)93(39-16-3)76(109)91(38-15-2)59(70(103)85(9)48-60(82)95)46-52-32-34-54(35-33-52)78(79,80)81/h21-22,28-29,32-35,49-51,53,57-59,64-65H,14-20,23-27,30-31,36-48H2,1-13H3,(H2,82,95)(H,83,99)(H,84,108)/t50-,51-,57-,58-,59-,64-,65-/m0/s1. The Balaban J connectivity index is 1.22. The molecular formula is C78H114F3N13O17. The Hall–Kier alpha value is -9.56. The number of amides is 16.